The molecule has 2 aromatic carbocycles. The summed E-state index contributed by atoms with van der Waals surface area (Å²) in [5, 5.41) is 0. The molecule has 2 aliphatic heterocycles. The number of ether oxygens (including phenoxy) is 1. The van der Waals surface area contributed by atoms with Gasteiger partial charge < -0.3 is 14.5 Å². The zero-order valence-corrected chi connectivity index (χ0v) is 19.5. The van der Waals surface area contributed by atoms with Crippen molar-refractivity contribution in [3.05, 3.63) is 71.0 Å². The lowest BCUT2D eigenvalue weighted by molar-refractivity contribution is 0.0712. The van der Waals surface area contributed by atoms with E-state index in [2.05, 4.69) is 46.9 Å². The van der Waals surface area contributed by atoms with Crippen molar-refractivity contribution in [2.45, 2.75) is 32.6 Å². The summed E-state index contributed by atoms with van der Waals surface area (Å²) in [7, 11) is 2.05. The number of benzene rings is 2. The van der Waals surface area contributed by atoms with Gasteiger partial charge in [0.1, 0.15) is 12.4 Å². The molecule has 0 N–H and O–H groups in total. The van der Waals surface area contributed by atoms with Crippen molar-refractivity contribution in [2.75, 3.05) is 38.2 Å². The second-order valence-corrected chi connectivity index (χ2v) is 9.11. The normalized spacial score (nSPS) is 16.3. The summed E-state index contributed by atoms with van der Waals surface area (Å²) in [5.74, 6) is 2.02. The summed E-state index contributed by atoms with van der Waals surface area (Å²) < 4.78 is 5.78. The van der Waals surface area contributed by atoms with Gasteiger partial charge in [0, 0.05) is 43.7 Å². The summed E-state index contributed by atoms with van der Waals surface area (Å²) in [5.41, 5.74) is 6.44. The number of likely N-dealkylation sites (tertiary alicyclic amines) is 1. The van der Waals surface area contributed by atoms with Crippen LogP contribution in [0, 0.1) is 13.8 Å². The molecule has 2 aliphatic rings. The van der Waals surface area contributed by atoms with Gasteiger partial charge in [0.2, 0.25) is 0 Å². The number of carbonyl (C=O) groups is 1. The molecule has 3 aromatic rings. The Morgan fingerprint density at radius 2 is 1.79 bits per heavy atom. The van der Waals surface area contributed by atoms with Crippen LogP contribution in [-0.2, 0) is 0 Å². The highest BCUT2D eigenvalue weighted by Gasteiger charge is 2.26. The topological polar surface area (TPSA) is 58.6 Å². The zero-order chi connectivity index (χ0) is 22.9. The SMILES string of the molecule is Cc1cccc(-c2ncc(C3CCN(C(=O)c4ccc5c(c4)OCCN5C)CC3)cn2)c1C. The minimum Gasteiger partial charge on any atom is -0.490 e. The molecule has 0 atom stereocenters. The van der Waals surface area contributed by atoms with Crippen LogP contribution in [0.4, 0.5) is 5.69 Å². The molecular weight excluding hydrogens is 412 g/mol. The molecular formula is C27H30N4O2. The quantitative estimate of drug-likeness (QED) is 0.593. The van der Waals surface area contributed by atoms with Gasteiger partial charge in [-0.15, -0.1) is 0 Å². The number of carbonyl (C=O) groups excluding carboxylic acids is 1. The Labute approximate surface area is 195 Å². The molecule has 6 nitrogen and oxygen atoms in total. The van der Waals surface area contributed by atoms with Crippen LogP contribution in [0.5, 0.6) is 5.75 Å². The number of hydrogen-bond acceptors (Lipinski definition) is 5. The molecule has 33 heavy (non-hydrogen) atoms. The van der Waals surface area contributed by atoms with Gasteiger partial charge in [-0.3, -0.25) is 4.79 Å². The fourth-order valence-electron chi connectivity index (χ4n) is 4.77. The van der Waals surface area contributed by atoms with Crippen molar-refractivity contribution in [2.24, 2.45) is 0 Å². The van der Waals surface area contributed by atoms with Crippen molar-refractivity contribution in [3.8, 4) is 17.1 Å². The minimum atomic E-state index is 0.0783. The van der Waals surface area contributed by atoms with E-state index in [1.807, 2.05) is 42.5 Å². The lowest BCUT2D eigenvalue weighted by atomic mass is 9.91. The van der Waals surface area contributed by atoms with Crippen molar-refractivity contribution in [1.82, 2.24) is 14.9 Å². The molecule has 3 heterocycles. The Balaban J connectivity index is 1.24. The second-order valence-electron chi connectivity index (χ2n) is 9.11. The van der Waals surface area contributed by atoms with E-state index < -0.39 is 0 Å². The minimum absolute atomic E-state index is 0.0783. The van der Waals surface area contributed by atoms with Crippen molar-refractivity contribution in [1.29, 1.82) is 0 Å². The molecule has 0 aliphatic carbocycles. The van der Waals surface area contributed by atoms with E-state index in [1.54, 1.807) is 0 Å². The number of anilines is 1. The van der Waals surface area contributed by atoms with Gasteiger partial charge in [0.05, 0.1) is 12.2 Å². The second kappa shape index (κ2) is 8.85. The maximum absolute atomic E-state index is 13.1. The summed E-state index contributed by atoms with van der Waals surface area (Å²) in [4.78, 5) is 26.5. The largest absolute Gasteiger partial charge is 0.490 e. The number of amides is 1. The molecule has 1 saturated heterocycles. The Morgan fingerprint density at radius 1 is 1.03 bits per heavy atom. The van der Waals surface area contributed by atoms with E-state index in [1.165, 1.54) is 11.1 Å². The Bertz CT molecular complexity index is 1170. The summed E-state index contributed by atoms with van der Waals surface area (Å²) in [6.45, 7) is 7.21. The summed E-state index contributed by atoms with van der Waals surface area (Å²) >= 11 is 0. The first-order valence-electron chi connectivity index (χ1n) is 11.7. The fourth-order valence-corrected chi connectivity index (χ4v) is 4.77. The predicted octanol–water partition coefficient (Wildman–Crippen LogP) is 4.61. The Hall–Kier alpha value is -3.41. The molecule has 0 spiro atoms. The fraction of sp³-hybridized carbons (Fsp3) is 0.370. The van der Waals surface area contributed by atoms with Crippen LogP contribution in [-0.4, -0.2) is 54.1 Å². The smallest absolute Gasteiger partial charge is 0.253 e. The maximum Gasteiger partial charge on any atom is 0.253 e. The van der Waals surface area contributed by atoms with Crippen LogP contribution < -0.4 is 9.64 Å². The van der Waals surface area contributed by atoms with Crippen LogP contribution in [0.15, 0.2) is 48.8 Å². The third-order valence-electron chi connectivity index (χ3n) is 7.07. The Morgan fingerprint density at radius 3 is 2.55 bits per heavy atom. The molecule has 6 heteroatoms. The molecule has 0 unspecified atom stereocenters. The van der Waals surface area contributed by atoms with Gasteiger partial charge in [-0.1, -0.05) is 18.2 Å². The average molecular weight is 443 g/mol. The lowest BCUT2D eigenvalue weighted by Gasteiger charge is -2.33. The highest BCUT2D eigenvalue weighted by Crippen LogP contribution is 2.33. The van der Waals surface area contributed by atoms with E-state index >= 15 is 0 Å². The van der Waals surface area contributed by atoms with E-state index in [9.17, 15) is 4.79 Å². The molecule has 0 bridgehead atoms. The lowest BCUT2D eigenvalue weighted by Crippen LogP contribution is -2.38. The van der Waals surface area contributed by atoms with E-state index in [-0.39, 0.29) is 5.91 Å². The van der Waals surface area contributed by atoms with E-state index in [0.29, 0.717) is 18.1 Å². The highest BCUT2D eigenvalue weighted by atomic mass is 16.5. The first kappa shape index (κ1) is 21.4. The molecule has 0 radical (unpaired) electrons. The number of rotatable bonds is 3. The number of hydrogen-bond donors (Lipinski definition) is 0. The van der Waals surface area contributed by atoms with Gasteiger partial charge in [-0.2, -0.15) is 0 Å². The molecule has 170 valence electrons. The third-order valence-corrected chi connectivity index (χ3v) is 7.07. The number of nitrogens with zero attached hydrogens (tertiary/aromatic N) is 4. The molecule has 1 amide bonds. The van der Waals surface area contributed by atoms with Crippen LogP contribution in [0.1, 0.15) is 45.8 Å². The van der Waals surface area contributed by atoms with Crippen molar-refractivity contribution < 1.29 is 9.53 Å². The summed E-state index contributed by atoms with van der Waals surface area (Å²) in [6, 6.07) is 12.0. The number of piperidine rings is 1. The number of aromatic nitrogens is 2. The van der Waals surface area contributed by atoms with Crippen molar-refractivity contribution in [3.63, 3.8) is 0 Å². The van der Waals surface area contributed by atoms with E-state index in [0.717, 1.165) is 60.9 Å². The standard InChI is InChI=1S/C27H30N4O2/c1-18-5-4-6-23(19(18)2)26-28-16-22(17-29-26)20-9-11-31(12-10-20)27(32)21-7-8-24-25(15-21)33-14-13-30(24)3/h4-8,15-17,20H,9-14H2,1-3H3. The molecule has 5 rings (SSSR count). The van der Waals surface area contributed by atoms with Crippen LogP contribution in [0.2, 0.25) is 0 Å². The van der Waals surface area contributed by atoms with Crippen LogP contribution in [0.25, 0.3) is 11.4 Å². The van der Waals surface area contributed by atoms with Gasteiger partial charge in [-0.05, 0) is 67.5 Å². The molecule has 1 aromatic heterocycles. The number of fused-ring (bicyclic) bond motifs is 1. The summed E-state index contributed by atoms with van der Waals surface area (Å²) in [6.07, 6.45) is 5.76. The van der Waals surface area contributed by atoms with Gasteiger partial charge in [0.25, 0.3) is 5.91 Å². The first-order valence-corrected chi connectivity index (χ1v) is 11.7. The van der Waals surface area contributed by atoms with Crippen molar-refractivity contribution >= 4 is 11.6 Å². The van der Waals surface area contributed by atoms with Gasteiger partial charge >= 0.3 is 0 Å². The highest BCUT2D eigenvalue weighted by molar-refractivity contribution is 5.95. The maximum atomic E-state index is 13.1. The Kier molecular flexibility index (Phi) is 5.75. The monoisotopic (exact) mass is 442 g/mol. The number of aryl methyl sites for hydroxylation is 1. The van der Waals surface area contributed by atoms with Gasteiger partial charge in [-0.25, -0.2) is 9.97 Å². The predicted molar refractivity (Wildman–Crippen MR) is 130 cm³/mol. The average Bonchev–Trinajstić information content (AvgIpc) is 2.85. The van der Waals surface area contributed by atoms with Crippen LogP contribution >= 0.6 is 0 Å². The van der Waals surface area contributed by atoms with Gasteiger partial charge in [0.15, 0.2) is 5.82 Å². The van der Waals surface area contributed by atoms with Crippen LogP contribution in [0.3, 0.4) is 0 Å². The third kappa shape index (κ3) is 4.17. The molecule has 0 saturated carbocycles. The molecule has 1 fully saturated rings. The zero-order valence-electron chi connectivity index (χ0n) is 19.5. The first-order chi connectivity index (χ1) is 16.0. The number of likely N-dealkylation sites (N-methyl/N-ethyl adjacent to an activating group) is 1. The van der Waals surface area contributed by atoms with E-state index in [4.69, 9.17) is 4.74 Å².